The average Bonchev–Trinajstić information content (AvgIpc) is 2.51. The number of amides is 2. The largest absolute Gasteiger partial charge is 0.473 e. The van der Waals surface area contributed by atoms with Gasteiger partial charge in [-0.3, -0.25) is 0 Å². The number of aryl methyl sites for hydroxylation is 1. The van der Waals surface area contributed by atoms with Crippen molar-refractivity contribution >= 4 is 11.7 Å². The van der Waals surface area contributed by atoms with Crippen molar-refractivity contribution < 1.29 is 18.3 Å². The van der Waals surface area contributed by atoms with Crippen LogP contribution >= 0.6 is 0 Å². The first-order chi connectivity index (χ1) is 11.7. The summed E-state index contributed by atoms with van der Waals surface area (Å²) in [7, 11) is 0. The number of hydrogen-bond acceptors (Lipinski definition) is 2. The number of rotatable bonds is 4. The van der Waals surface area contributed by atoms with Gasteiger partial charge in [-0.25, -0.2) is 13.6 Å². The van der Waals surface area contributed by atoms with E-state index in [-0.39, 0.29) is 17.8 Å². The highest BCUT2D eigenvalue weighted by molar-refractivity contribution is 5.89. The van der Waals surface area contributed by atoms with Crippen LogP contribution < -0.4 is 15.4 Å². The summed E-state index contributed by atoms with van der Waals surface area (Å²) in [6, 6.07) is 7.96. The van der Waals surface area contributed by atoms with Crippen molar-refractivity contribution in [2.45, 2.75) is 33.1 Å². The smallest absolute Gasteiger partial charge is 0.321 e. The summed E-state index contributed by atoms with van der Waals surface area (Å²) in [4.78, 5) is 11.8. The molecule has 0 bridgehead atoms. The van der Waals surface area contributed by atoms with Crippen LogP contribution in [0.25, 0.3) is 0 Å². The Morgan fingerprint density at radius 1 is 1.12 bits per heavy atom. The zero-order valence-corrected chi connectivity index (χ0v) is 14.7. The van der Waals surface area contributed by atoms with Gasteiger partial charge in [-0.1, -0.05) is 38.5 Å². The Hall–Kier alpha value is -2.63. The average molecular weight is 348 g/mol. The van der Waals surface area contributed by atoms with Crippen molar-refractivity contribution in [1.29, 1.82) is 0 Å². The van der Waals surface area contributed by atoms with E-state index in [1.165, 1.54) is 0 Å². The Kier molecular flexibility index (Phi) is 5.62. The topological polar surface area (TPSA) is 50.4 Å². The highest BCUT2D eigenvalue weighted by atomic mass is 19.1. The highest BCUT2D eigenvalue weighted by Crippen LogP contribution is 2.32. The number of benzene rings is 2. The summed E-state index contributed by atoms with van der Waals surface area (Å²) in [5.41, 5.74) is 1.78. The molecule has 0 unspecified atom stereocenters. The molecule has 2 aromatic rings. The van der Waals surface area contributed by atoms with E-state index in [4.69, 9.17) is 4.74 Å². The predicted molar refractivity (Wildman–Crippen MR) is 93.9 cm³/mol. The molecule has 0 aliphatic rings. The first kappa shape index (κ1) is 18.7. The second-order valence-corrected chi connectivity index (χ2v) is 6.79. The minimum atomic E-state index is -0.717. The molecule has 0 aromatic heterocycles. The van der Waals surface area contributed by atoms with Gasteiger partial charge >= 0.3 is 6.03 Å². The van der Waals surface area contributed by atoms with Crippen LogP contribution in [-0.2, 0) is 5.41 Å². The molecule has 0 aliphatic heterocycles. The van der Waals surface area contributed by atoms with Crippen LogP contribution in [0.3, 0.4) is 0 Å². The number of halogens is 2. The Morgan fingerprint density at radius 2 is 1.84 bits per heavy atom. The van der Waals surface area contributed by atoms with Gasteiger partial charge in [0.2, 0.25) is 0 Å². The van der Waals surface area contributed by atoms with E-state index >= 15 is 0 Å². The molecule has 0 heterocycles. The van der Waals surface area contributed by atoms with Crippen LogP contribution in [0.1, 0.15) is 31.9 Å². The Balaban J connectivity index is 1.97. The van der Waals surface area contributed by atoms with Crippen LogP contribution in [0.15, 0.2) is 36.4 Å². The van der Waals surface area contributed by atoms with Gasteiger partial charge in [0.05, 0.1) is 5.69 Å². The van der Waals surface area contributed by atoms with E-state index in [1.807, 2.05) is 25.1 Å². The van der Waals surface area contributed by atoms with E-state index < -0.39 is 17.7 Å². The van der Waals surface area contributed by atoms with Gasteiger partial charge in [0.1, 0.15) is 17.4 Å². The standard InChI is InChI=1S/C19H22F2N2O2/c1-12-5-8-17(14(9-12)19(2,3)4)25-11-22-18(24)23-16-10-13(20)6-7-15(16)21/h5-10H,11H2,1-4H3,(H2,22,23,24). The number of hydrogen-bond donors (Lipinski definition) is 2. The molecule has 2 amide bonds. The van der Waals surface area contributed by atoms with E-state index in [0.29, 0.717) is 5.75 Å². The highest BCUT2D eigenvalue weighted by Gasteiger charge is 2.19. The summed E-state index contributed by atoms with van der Waals surface area (Å²) >= 11 is 0. The summed E-state index contributed by atoms with van der Waals surface area (Å²) in [5, 5.41) is 4.70. The summed E-state index contributed by atoms with van der Waals surface area (Å²) < 4.78 is 32.2. The maximum absolute atomic E-state index is 13.5. The number of urea groups is 1. The molecule has 0 saturated heterocycles. The molecule has 4 nitrogen and oxygen atoms in total. The monoisotopic (exact) mass is 348 g/mol. The first-order valence-electron chi connectivity index (χ1n) is 7.90. The third-order valence-corrected chi connectivity index (χ3v) is 3.58. The Bertz CT molecular complexity index is 771. The van der Waals surface area contributed by atoms with Crippen molar-refractivity contribution in [2.75, 3.05) is 12.0 Å². The molecule has 25 heavy (non-hydrogen) atoms. The van der Waals surface area contributed by atoms with E-state index in [1.54, 1.807) is 0 Å². The van der Waals surface area contributed by atoms with Crippen molar-refractivity contribution in [2.24, 2.45) is 0 Å². The van der Waals surface area contributed by atoms with Crippen molar-refractivity contribution in [3.8, 4) is 5.75 Å². The van der Waals surface area contributed by atoms with E-state index in [2.05, 4.69) is 31.4 Å². The fourth-order valence-corrected chi connectivity index (χ4v) is 2.29. The van der Waals surface area contributed by atoms with Crippen molar-refractivity contribution in [1.82, 2.24) is 5.32 Å². The van der Waals surface area contributed by atoms with Gasteiger partial charge < -0.3 is 15.4 Å². The second-order valence-electron chi connectivity index (χ2n) is 6.79. The lowest BCUT2D eigenvalue weighted by Gasteiger charge is -2.23. The molecule has 0 atom stereocenters. The Morgan fingerprint density at radius 3 is 2.52 bits per heavy atom. The molecule has 6 heteroatoms. The molecule has 0 saturated carbocycles. The zero-order valence-electron chi connectivity index (χ0n) is 14.7. The minimum absolute atomic E-state index is 0.102. The quantitative estimate of drug-likeness (QED) is 0.785. The van der Waals surface area contributed by atoms with Crippen molar-refractivity contribution in [3.63, 3.8) is 0 Å². The lowest BCUT2D eigenvalue weighted by Crippen LogP contribution is -2.32. The second kappa shape index (κ2) is 7.51. The first-order valence-corrected chi connectivity index (χ1v) is 7.90. The lowest BCUT2D eigenvalue weighted by molar-refractivity contribution is 0.233. The fraction of sp³-hybridized carbons (Fsp3) is 0.316. The van der Waals surface area contributed by atoms with Gasteiger partial charge in [0.25, 0.3) is 0 Å². The SMILES string of the molecule is Cc1ccc(OCNC(=O)Nc2cc(F)ccc2F)c(C(C)(C)C)c1. The third-order valence-electron chi connectivity index (χ3n) is 3.58. The number of carbonyl (C=O) groups is 1. The normalized spacial score (nSPS) is 11.1. The summed E-state index contributed by atoms with van der Waals surface area (Å²) in [5.74, 6) is -0.691. The Labute approximate surface area is 146 Å². The van der Waals surface area contributed by atoms with Crippen LogP contribution in [0, 0.1) is 18.6 Å². The zero-order chi connectivity index (χ0) is 18.6. The van der Waals surface area contributed by atoms with E-state index in [9.17, 15) is 13.6 Å². The molecule has 0 aliphatic carbocycles. The molecular weight excluding hydrogens is 326 g/mol. The summed E-state index contributed by atoms with van der Waals surface area (Å²) in [6.07, 6.45) is 0. The molecule has 0 spiro atoms. The number of ether oxygens (including phenoxy) is 1. The van der Waals surface area contributed by atoms with E-state index in [0.717, 1.165) is 29.3 Å². The third kappa shape index (κ3) is 5.17. The van der Waals surface area contributed by atoms with Crippen LogP contribution in [0.5, 0.6) is 5.75 Å². The fourth-order valence-electron chi connectivity index (χ4n) is 2.29. The van der Waals surface area contributed by atoms with Crippen LogP contribution in [0.4, 0.5) is 19.3 Å². The maximum Gasteiger partial charge on any atom is 0.321 e. The van der Waals surface area contributed by atoms with Gasteiger partial charge in [0, 0.05) is 6.07 Å². The molecule has 0 fully saturated rings. The minimum Gasteiger partial charge on any atom is -0.473 e. The molecule has 2 rings (SSSR count). The molecule has 2 aromatic carbocycles. The van der Waals surface area contributed by atoms with Gasteiger partial charge in [-0.2, -0.15) is 0 Å². The predicted octanol–water partition coefficient (Wildman–Crippen LogP) is 4.73. The maximum atomic E-state index is 13.5. The summed E-state index contributed by atoms with van der Waals surface area (Å²) in [6.45, 7) is 8.11. The van der Waals surface area contributed by atoms with Crippen LogP contribution in [0.2, 0.25) is 0 Å². The lowest BCUT2D eigenvalue weighted by atomic mass is 9.85. The number of anilines is 1. The number of nitrogens with one attached hydrogen (secondary N) is 2. The van der Waals surface area contributed by atoms with Gasteiger partial charge in [-0.15, -0.1) is 0 Å². The van der Waals surface area contributed by atoms with Crippen molar-refractivity contribution in [3.05, 3.63) is 59.2 Å². The molecular formula is C19H22F2N2O2. The van der Waals surface area contributed by atoms with Gasteiger partial charge in [-0.05, 0) is 36.1 Å². The molecule has 0 radical (unpaired) electrons. The number of carbonyl (C=O) groups excluding carboxylic acids is 1. The molecule has 2 N–H and O–H groups in total. The van der Waals surface area contributed by atoms with Crippen LogP contribution in [-0.4, -0.2) is 12.8 Å². The molecule has 134 valence electrons. The van der Waals surface area contributed by atoms with Gasteiger partial charge in [0.15, 0.2) is 6.73 Å².